The molecule has 2 aromatic heterocycles. The van der Waals surface area contributed by atoms with Crippen LogP contribution in [0.15, 0.2) is 47.8 Å². The second-order valence-electron chi connectivity index (χ2n) is 5.91. The first-order chi connectivity index (χ1) is 11.9. The van der Waals surface area contributed by atoms with E-state index in [2.05, 4.69) is 20.3 Å². The predicted molar refractivity (Wildman–Crippen MR) is 98.5 cm³/mol. The van der Waals surface area contributed by atoms with Gasteiger partial charge in [-0.2, -0.15) is 0 Å². The third-order valence-corrected chi connectivity index (χ3v) is 4.88. The number of hydrogen-bond acceptors (Lipinski definition) is 7. The van der Waals surface area contributed by atoms with Crippen molar-refractivity contribution in [3.8, 4) is 0 Å². The number of rotatable bonds is 5. The zero-order valence-electron chi connectivity index (χ0n) is 14.3. The first kappa shape index (κ1) is 17.1. The molecule has 1 N–H and O–H groups in total. The molecule has 0 saturated carbocycles. The van der Waals surface area contributed by atoms with Crippen molar-refractivity contribution in [2.45, 2.75) is 11.4 Å². The van der Waals surface area contributed by atoms with Crippen LogP contribution in [0.2, 0.25) is 0 Å². The quantitative estimate of drug-likeness (QED) is 0.748. The lowest BCUT2D eigenvalue weighted by Gasteiger charge is -2.16. The second kappa shape index (κ2) is 6.64. The van der Waals surface area contributed by atoms with Crippen LogP contribution in [-0.2, 0) is 16.4 Å². The largest absolute Gasteiger partial charge is 0.365 e. The minimum atomic E-state index is -3.30. The third kappa shape index (κ3) is 3.69. The average molecular weight is 357 g/mol. The Balaban J connectivity index is 1.97. The summed E-state index contributed by atoms with van der Waals surface area (Å²) in [4.78, 5) is 15.0. The third-order valence-electron chi connectivity index (χ3n) is 3.77. The fourth-order valence-corrected chi connectivity index (χ4v) is 3.20. The van der Waals surface area contributed by atoms with Crippen molar-refractivity contribution in [2.24, 2.45) is 0 Å². The van der Waals surface area contributed by atoms with Crippen LogP contribution in [0, 0.1) is 0 Å². The van der Waals surface area contributed by atoms with E-state index in [1.165, 1.54) is 12.6 Å². The molecule has 1 aromatic carbocycles. The molecule has 130 valence electrons. The number of benzene rings is 1. The van der Waals surface area contributed by atoms with E-state index in [0.717, 1.165) is 11.4 Å². The summed E-state index contributed by atoms with van der Waals surface area (Å²) in [5, 5.41) is 3.93. The molecular weight excluding hydrogens is 338 g/mol. The maximum Gasteiger partial charge on any atom is 0.175 e. The Kier molecular flexibility index (Phi) is 4.54. The molecule has 0 bridgehead atoms. The van der Waals surface area contributed by atoms with Crippen molar-refractivity contribution in [1.29, 1.82) is 0 Å². The summed E-state index contributed by atoms with van der Waals surface area (Å²) in [6.07, 6.45) is 4.39. The van der Waals surface area contributed by atoms with Crippen molar-refractivity contribution in [3.63, 3.8) is 0 Å². The summed E-state index contributed by atoms with van der Waals surface area (Å²) < 4.78 is 23.6. The Hall–Kier alpha value is -2.74. The van der Waals surface area contributed by atoms with E-state index in [-0.39, 0.29) is 4.90 Å². The number of nitrogens with zero attached hydrogens (tertiary/aromatic N) is 4. The molecule has 7 nitrogen and oxygen atoms in total. The summed E-state index contributed by atoms with van der Waals surface area (Å²) >= 11 is 0. The van der Waals surface area contributed by atoms with Crippen LogP contribution in [0.25, 0.3) is 10.9 Å². The molecule has 0 saturated heterocycles. The molecule has 0 spiro atoms. The molecule has 0 aliphatic heterocycles. The van der Waals surface area contributed by atoms with E-state index in [4.69, 9.17) is 0 Å². The molecule has 0 aliphatic rings. The molecule has 0 amide bonds. The minimum Gasteiger partial charge on any atom is -0.365 e. The van der Waals surface area contributed by atoms with Gasteiger partial charge < -0.3 is 10.2 Å². The van der Waals surface area contributed by atoms with Gasteiger partial charge in [-0.3, -0.25) is 0 Å². The molecule has 0 fully saturated rings. The molecule has 0 atom stereocenters. The first-order valence-electron chi connectivity index (χ1n) is 7.66. The van der Waals surface area contributed by atoms with Crippen LogP contribution < -0.4 is 10.2 Å². The van der Waals surface area contributed by atoms with Gasteiger partial charge in [0.15, 0.2) is 9.84 Å². The summed E-state index contributed by atoms with van der Waals surface area (Å²) in [6, 6.07) is 8.71. The van der Waals surface area contributed by atoms with Crippen LogP contribution >= 0.6 is 0 Å². The topological polar surface area (TPSA) is 88.1 Å². The fourth-order valence-electron chi connectivity index (χ4n) is 2.56. The average Bonchev–Trinajstić information content (AvgIpc) is 2.58. The Morgan fingerprint density at radius 1 is 1.12 bits per heavy atom. The molecular formula is C17H19N5O2S. The van der Waals surface area contributed by atoms with Gasteiger partial charge in [-0.15, -0.1) is 0 Å². The maximum absolute atomic E-state index is 11.8. The van der Waals surface area contributed by atoms with Gasteiger partial charge in [0.1, 0.15) is 18.0 Å². The first-order valence-corrected chi connectivity index (χ1v) is 9.55. The molecule has 25 heavy (non-hydrogen) atoms. The lowest BCUT2D eigenvalue weighted by atomic mass is 10.2. The Labute approximate surface area is 146 Å². The number of hydrogen-bond donors (Lipinski definition) is 1. The van der Waals surface area contributed by atoms with Crippen LogP contribution in [0.4, 0.5) is 11.6 Å². The van der Waals surface area contributed by atoms with Gasteiger partial charge in [0.25, 0.3) is 0 Å². The minimum absolute atomic E-state index is 0.244. The van der Waals surface area contributed by atoms with Gasteiger partial charge in [0, 0.05) is 44.0 Å². The number of aromatic nitrogens is 3. The Morgan fingerprint density at radius 3 is 2.64 bits per heavy atom. The summed E-state index contributed by atoms with van der Waals surface area (Å²) in [6.45, 7) is 0.510. The van der Waals surface area contributed by atoms with Crippen molar-refractivity contribution in [3.05, 3.63) is 48.4 Å². The van der Waals surface area contributed by atoms with Gasteiger partial charge in [0.05, 0.1) is 10.4 Å². The van der Waals surface area contributed by atoms with Crippen LogP contribution in [-0.4, -0.2) is 43.7 Å². The fraction of sp³-hybridized carbons (Fsp3) is 0.235. The van der Waals surface area contributed by atoms with E-state index < -0.39 is 9.84 Å². The van der Waals surface area contributed by atoms with E-state index >= 15 is 0 Å². The number of pyridine rings is 1. The van der Waals surface area contributed by atoms with Crippen molar-refractivity contribution in [2.75, 3.05) is 30.6 Å². The normalized spacial score (nSPS) is 11.5. The smallest absolute Gasteiger partial charge is 0.175 e. The van der Waals surface area contributed by atoms with Crippen molar-refractivity contribution < 1.29 is 8.42 Å². The highest BCUT2D eigenvalue weighted by Crippen LogP contribution is 2.24. The lowest BCUT2D eigenvalue weighted by Crippen LogP contribution is -2.15. The van der Waals surface area contributed by atoms with E-state index in [1.54, 1.807) is 24.4 Å². The number of nitrogens with one attached hydrogen (secondary N) is 1. The van der Waals surface area contributed by atoms with Crippen molar-refractivity contribution in [1.82, 2.24) is 15.0 Å². The molecule has 0 aliphatic carbocycles. The molecule has 0 unspecified atom stereocenters. The highest BCUT2D eigenvalue weighted by Gasteiger charge is 2.12. The molecule has 3 rings (SSSR count). The van der Waals surface area contributed by atoms with Gasteiger partial charge in [-0.05, 0) is 24.3 Å². The lowest BCUT2D eigenvalue weighted by molar-refractivity contribution is 0.602. The Morgan fingerprint density at radius 2 is 1.92 bits per heavy atom. The van der Waals surface area contributed by atoms with Crippen molar-refractivity contribution >= 4 is 32.4 Å². The van der Waals surface area contributed by atoms with E-state index in [9.17, 15) is 8.42 Å². The SMILES string of the molecule is CN(C)c1ncccc1CNc1ncnc2ccc(S(C)(=O)=O)cc12. The summed E-state index contributed by atoms with van der Waals surface area (Å²) in [5.41, 5.74) is 1.70. The predicted octanol–water partition coefficient (Wildman–Crippen LogP) is 2.11. The van der Waals surface area contributed by atoms with Crippen LogP contribution in [0.1, 0.15) is 5.56 Å². The molecule has 2 heterocycles. The highest BCUT2D eigenvalue weighted by molar-refractivity contribution is 7.90. The van der Waals surface area contributed by atoms with Gasteiger partial charge in [0.2, 0.25) is 0 Å². The van der Waals surface area contributed by atoms with Crippen LogP contribution in [0.3, 0.4) is 0 Å². The Bertz CT molecular complexity index is 1020. The maximum atomic E-state index is 11.8. The van der Waals surface area contributed by atoms with Gasteiger partial charge in [-0.25, -0.2) is 23.4 Å². The summed E-state index contributed by atoms with van der Waals surface area (Å²) in [7, 11) is 0.574. The number of sulfone groups is 1. The van der Waals surface area contributed by atoms with Crippen LogP contribution in [0.5, 0.6) is 0 Å². The van der Waals surface area contributed by atoms with E-state index in [0.29, 0.717) is 23.3 Å². The summed E-state index contributed by atoms with van der Waals surface area (Å²) in [5.74, 6) is 1.45. The number of fused-ring (bicyclic) bond motifs is 1. The standard InChI is InChI=1S/C17H19N5O2S/c1-22(2)17-12(5-4-8-18-17)10-19-16-14-9-13(25(3,23)24)6-7-15(14)20-11-21-16/h4-9,11H,10H2,1-3H3,(H,19,20,21). The molecule has 0 radical (unpaired) electrons. The van der Waals surface area contributed by atoms with Gasteiger partial charge >= 0.3 is 0 Å². The highest BCUT2D eigenvalue weighted by atomic mass is 32.2. The zero-order chi connectivity index (χ0) is 18.0. The van der Waals surface area contributed by atoms with Gasteiger partial charge in [-0.1, -0.05) is 6.07 Å². The number of anilines is 2. The molecule has 3 aromatic rings. The zero-order valence-corrected chi connectivity index (χ0v) is 15.1. The second-order valence-corrected chi connectivity index (χ2v) is 7.92. The monoisotopic (exact) mass is 357 g/mol. The van der Waals surface area contributed by atoms with E-state index in [1.807, 2.05) is 31.1 Å². The molecule has 8 heteroatoms.